The molecule has 0 radical (unpaired) electrons. The van der Waals surface area contributed by atoms with Crippen LogP contribution in [0.5, 0.6) is 0 Å². The Bertz CT molecular complexity index is 544. The van der Waals surface area contributed by atoms with Crippen molar-refractivity contribution in [3.05, 3.63) is 35.4 Å². The van der Waals surface area contributed by atoms with Crippen LogP contribution in [0.4, 0.5) is 0 Å². The maximum Gasteiger partial charge on any atom is 0.251 e. The number of hydrogen-bond donors (Lipinski definition) is 1. The Labute approximate surface area is 126 Å². The number of hydrogen-bond acceptors (Lipinski definition) is 3. The fourth-order valence-electron chi connectivity index (χ4n) is 2.89. The maximum atomic E-state index is 12.3. The van der Waals surface area contributed by atoms with Crippen LogP contribution in [0.15, 0.2) is 24.3 Å². The lowest BCUT2D eigenvalue weighted by Crippen LogP contribution is -2.48. The van der Waals surface area contributed by atoms with E-state index in [0.717, 1.165) is 25.7 Å². The minimum atomic E-state index is -0.111. The van der Waals surface area contributed by atoms with Gasteiger partial charge in [-0.3, -0.25) is 4.79 Å². The molecule has 1 fully saturated rings. The fraction of sp³-hybridized carbons (Fsp3) is 0.529. The van der Waals surface area contributed by atoms with Gasteiger partial charge in [-0.05, 0) is 43.9 Å². The molecule has 0 aromatic heterocycles. The first-order valence-electron chi connectivity index (χ1n) is 7.57. The van der Waals surface area contributed by atoms with E-state index in [1.54, 1.807) is 24.3 Å². The molecule has 1 heterocycles. The van der Waals surface area contributed by atoms with Crippen molar-refractivity contribution >= 4 is 5.91 Å². The van der Waals surface area contributed by atoms with Crippen molar-refractivity contribution in [1.82, 2.24) is 5.32 Å². The average molecular weight is 286 g/mol. The van der Waals surface area contributed by atoms with Gasteiger partial charge >= 0.3 is 0 Å². The van der Waals surface area contributed by atoms with Gasteiger partial charge in [0.25, 0.3) is 5.91 Å². The first-order valence-corrected chi connectivity index (χ1v) is 7.57. The lowest BCUT2D eigenvalue weighted by molar-refractivity contribution is -0.0917. The summed E-state index contributed by atoms with van der Waals surface area (Å²) in [5.41, 5.74) is 0.940. The summed E-state index contributed by atoms with van der Waals surface area (Å²) in [5.74, 6) is -0.111. The van der Waals surface area contributed by atoms with Crippen molar-refractivity contribution in [1.29, 1.82) is 5.26 Å². The predicted molar refractivity (Wildman–Crippen MR) is 80.9 cm³/mol. The smallest absolute Gasteiger partial charge is 0.251 e. The Morgan fingerprint density at radius 1 is 1.48 bits per heavy atom. The van der Waals surface area contributed by atoms with E-state index in [2.05, 4.69) is 25.2 Å². The van der Waals surface area contributed by atoms with Crippen LogP contribution in [0.2, 0.25) is 0 Å². The van der Waals surface area contributed by atoms with Crippen LogP contribution in [-0.4, -0.2) is 24.2 Å². The van der Waals surface area contributed by atoms with Crippen molar-refractivity contribution in [3.63, 3.8) is 0 Å². The summed E-state index contributed by atoms with van der Waals surface area (Å²) in [6, 6.07) is 8.99. The molecule has 112 valence electrons. The molecule has 4 heteroatoms. The molecule has 1 aliphatic rings. The van der Waals surface area contributed by atoms with Crippen LogP contribution in [-0.2, 0) is 4.74 Å². The molecule has 1 aliphatic heterocycles. The van der Waals surface area contributed by atoms with Crippen LogP contribution in [0, 0.1) is 11.3 Å². The molecule has 1 aromatic carbocycles. The number of nitriles is 1. The third-order valence-electron chi connectivity index (χ3n) is 4.37. The van der Waals surface area contributed by atoms with Gasteiger partial charge in [0.2, 0.25) is 0 Å². The van der Waals surface area contributed by atoms with Gasteiger partial charge in [-0.25, -0.2) is 0 Å². The van der Waals surface area contributed by atoms with E-state index in [1.165, 1.54) is 0 Å². The van der Waals surface area contributed by atoms with E-state index in [-0.39, 0.29) is 17.6 Å². The molecule has 0 saturated carbocycles. The first kappa shape index (κ1) is 15.5. The van der Waals surface area contributed by atoms with Crippen LogP contribution < -0.4 is 5.32 Å². The molecule has 0 bridgehead atoms. The van der Waals surface area contributed by atoms with Crippen LogP contribution in [0.1, 0.15) is 55.5 Å². The average Bonchev–Trinajstić information content (AvgIpc) is 2.55. The molecule has 0 spiro atoms. The number of amides is 1. The molecule has 1 aromatic rings. The number of nitrogens with one attached hydrogen (secondary N) is 1. The highest BCUT2D eigenvalue weighted by Crippen LogP contribution is 2.31. The summed E-state index contributed by atoms with van der Waals surface area (Å²) >= 11 is 0. The second-order valence-electron chi connectivity index (χ2n) is 5.59. The minimum absolute atomic E-state index is 0.106. The molecule has 1 amide bonds. The summed E-state index contributed by atoms with van der Waals surface area (Å²) in [5, 5.41) is 12.0. The largest absolute Gasteiger partial charge is 0.375 e. The minimum Gasteiger partial charge on any atom is -0.375 e. The molecule has 1 N–H and O–H groups in total. The third kappa shape index (κ3) is 3.62. The van der Waals surface area contributed by atoms with Crippen LogP contribution in [0.25, 0.3) is 0 Å². The van der Waals surface area contributed by atoms with Gasteiger partial charge < -0.3 is 10.1 Å². The molecule has 2 rings (SSSR count). The molecule has 1 atom stereocenters. The molecule has 1 saturated heterocycles. The monoisotopic (exact) mass is 286 g/mol. The van der Waals surface area contributed by atoms with E-state index in [9.17, 15) is 4.79 Å². The Hall–Kier alpha value is -1.86. The summed E-state index contributed by atoms with van der Waals surface area (Å²) in [4.78, 5) is 12.3. The summed E-state index contributed by atoms with van der Waals surface area (Å²) < 4.78 is 5.92. The van der Waals surface area contributed by atoms with Crippen molar-refractivity contribution in [3.8, 4) is 6.07 Å². The lowest BCUT2D eigenvalue weighted by atomic mass is 9.86. The number of rotatable bonds is 4. The van der Waals surface area contributed by atoms with E-state index in [4.69, 9.17) is 10.00 Å². The predicted octanol–water partition coefficient (Wildman–Crippen LogP) is 3.03. The SMILES string of the molecule is CCC1(CC)CC(NC(=O)c2cccc(C#N)c2)CCO1. The van der Waals surface area contributed by atoms with Gasteiger partial charge in [0, 0.05) is 18.2 Å². The van der Waals surface area contributed by atoms with Gasteiger partial charge in [-0.2, -0.15) is 5.26 Å². The Morgan fingerprint density at radius 2 is 2.24 bits per heavy atom. The highest BCUT2D eigenvalue weighted by molar-refractivity contribution is 5.94. The van der Waals surface area contributed by atoms with Gasteiger partial charge in [-0.15, -0.1) is 0 Å². The van der Waals surface area contributed by atoms with Gasteiger partial charge in [0.1, 0.15) is 0 Å². The van der Waals surface area contributed by atoms with Crippen molar-refractivity contribution in [2.24, 2.45) is 0 Å². The molecule has 1 unspecified atom stereocenters. The quantitative estimate of drug-likeness (QED) is 0.925. The second kappa shape index (κ2) is 6.73. The number of benzene rings is 1. The fourth-order valence-corrected chi connectivity index (χ4v) is 2.89. The first-order chi connectivity index (χ1) is 10.1. The Morgan fingerprint density at radius 3 is 2.90 bits per heavy atom. The number of ether oxygens (including phenoxy) is 1. The highest BCUT2D eigenvalue weighted by atomic mass is 16.5. The van der Waals surface area contributed by atoms with Crippen molar-refractivity contribution < 1.29 is 9.53 Å². The van der Waals surface area contributed by atoms with Gasteiger partial charge in [-0.1, -0.05) is 19.9 Å². The summed E-state index contributed by atoms with van der Waals surface area (Å²) in [6.45, 7) is 4.94. The van der Waals surface area contributed by atoms with Crippen molar-refractivity contribution in [2.45, 2.75) is 51.2 Å². The van der Waals surface area contributed by atoms with E-state index < -0.39 is 0 Å². The van der Waals surface area contributed by atoms with Crippen LogP contribution >= 0.6 is 0 Å². The Kier molecular flexibility index (Phi) is 4.98. The standard InChI is InChI=1S/C17H22N2O2/c1-3-17(4-2)11-15(8-9-21-17)19-16(20)14-7-5-6-13(10-14)12-18/h5-7,10,15H,3-4,8-9,11H2,1-2H3,(H,19,20). The summed E-state index contributed by atoms with van der Waals surface area (Å²) in [6.07, 6.45) is 3.61. The van der Waals surface area contributed by atoms with E-state index >= 15 is 0 Å². The zero-order chi connectivity index (χ0) is 15.3. The molecular weight excluding hydrogens is 264 g/mol. The van der Waals surface area contributed by atoms with Gasteiger partial charge in [0.05, 0.1) is 17.2 Å². The number of carbonyl (C=O) groups excluding carboxylic acids is 1. The second-order valence-corrected chi connectivity index (χ2v) is 5.59. The topological polar surface area (TPSA) is 62.1 Å². The molecule has 21 heavy (non-hydrogen) atoms. The van der Waals surface area contributed by atoms with Crippen molar-refractivity contribution in [2.75, 3.05) is 6.61 Å². The number of carbonyl (C=O) groups is 1. The maximum absolute atomic E-state index is 12.3. The number of nitrogens with zero attached hydrogens (tertiary/aromatic N) is 1. The zero-order valence-corrected chi connectivity index (χ0v) is 12.7. The highest BCUT2D eigenvalue weighted by Gasteiger charge is 2.35. The van der Waals surface area contributed by atoms with Gasteiger partial charge in [0.15, 0.2) is 0 Å². The lowest BCUT2D eigenvalue weighted by Gasteiger charge is -2.40. The van der Waals surface area contributed by atoms with Crippen LogP contribution in [0.3, 0.4) is 0 Å². The zero-order valence-electron chi connectivity index (χ0n) is 12.7. The Balaban J connectivity index is 2.04. The molecular formula is C17H22N2O2. The molecule has 4 nitrogen and oxygen atoms in total. The normalized spacial score (nSPS) is 20.5. The summed E-state index contributed by atoms with van der Waals surface area (Å²) in [7, 11) is 0. The molecule has 0 aliphatic carbocycles. The van der Waals surface area contributed by atoms with E-state index in [1.807, 2.05) is 0 Å². The third-order valence-corrected chi connectivity index (χ3v) is 4.37. The van der Waals surface area contributed by atoms with E-state index in [0.29, 0.717) is 17.7 Å².